The molecule has 0 aliphatic heterocycles. The second-order valence-corrected chi connectivity index (χ2v) is 5.75. The molecule has 0 aliphatic rings. The monoisotopic (exact) mass is 294 g/mol. The largest absolute Gasteiger partial charge is 0.391 e. The molecule has 0 spiro atoms. The Labute approximate surface area is 122 Å². The number of rotatable bonds is 10. The quantitative estimate of drug-likeness (QED) is 0.591. The molecule has 0 fully saturated rings. The van der Waals surface area contributed by atoms with Crippen LogP contribution in [-0.4, -0.2) is 60.9 Å². The lowest BCUT2D eigenvalue weighted by molar-refractivity contribution is -0.329. The standard InChI is InChI=1S/C14H30O6/c1-10(15)9-19-11(2)12(17-6)8-14(5,16)20-13(3,4)18-7/h10-12,15-16H,8-9H2,1-7H3. The highest BCUT2D eigenvalue weighted by Gasteiger charge is 2.35. The van der Waals surface area contributed by atoms with Crippen molar-refractivity contribution in [3.05, 3.63) is 0 Å². The van der Waals surface area contributed by atoms with Gasteiger partial charge in [-0.1, -0.05) is 0 Å². The van der Waals surface area contributed by atoms with Crippen LogP contribution in [0.4, 0.5) is 0 Å². The molecule has 0 aromatic rings. The third kappa shape index (κ3) is 8.14. The third-order valence-corrected chi connectivity index (χ3v) is 2.96. The van der Waals surface area contributed by atoms with Crippen LogP contribution in [0.25, 0.3) is 0 Å². The maximum atomic E-state index is 10.3. The van der Waals surface area contributed by atoms with Crippen LogP contribution in [0.5, 0.6) is 0 Å². The summed E-state index contributed by atoms with van der Waals surface area (Å²) in [5.74, 6) is -2.31. The molecule has 0 saturated heterocycles. The number of aliphatic hydroxyl groups excluding tert-OH is 1. The molecule has 0 bridgehead atoms. The zero-order valence-corrected chi connectivity index (χ0v) is 13.7. The van der Waals surface area contributed by atoms with Crippen molar-refractivity contribution in [1.82, 2.24) is 0 Å². The smallest absolute Gasteiger partial charge is 0.168 e. The first-order valence-electron chi connectivity index (χ1n) is 6.83. The third-order valence-electron chi connectivity index (χ3n) is 2.96. The average molecular weight is 294 g/mol. The van der Waals surface area contributed by atoms with Gasteiger partial charge in [0.25, 0.3) is 0 Å². The van der Waals surface area contributed by atoms with Gasteiger partial charge < -0.3 is 29.2 Å². The highest BCUT2D eigenvalue weighted by molar-refractivity contribution is 4.76. The van der Waals surface area contributed by atoms with Gasteiger partial charge in [-0.15, -0.1) is 0 Å². The summed E-state index contributed by atoms with van der Waals surface area (Å²) in [6.07, 6.45) is -0.969. The highest BCUT2D eigenvalue weighted by atomic mass is 16.7. The second-order valence-electron chi connectivity index (χ2n) is 5.75. The first kappa shape index (κ1) is 19.8. The Morgan fingerprint density at radius 3 is 2.05 bits per heavy atom. The zero-order chi connectivity index (χ0) is 16.0. The van der Waals surface area contributed by atoms with Crippen molar-refractivity contribution in [3.8, 4) is 0 Å². The van der Waals surface area contributed by atoms with Gasteiger partial charge in [0.05, 0.1) is 24.9 Å². The van der Waals surface area contributed by atoms with Crippen molar-refractivity contribution in [2.75, 3.05) is 20.8 Å². The lowest BCUT2D eigenvalue weighted by Crippen LogP contribution is -2.45. The fourth-order valence-corrected chi connectivity index (χ4v) is 1.83. The predicted molar refractivity (Wildman–Crippen MR) is 75.3 cm³/mol. The van der Waals surface area contributed by atoms with Crippen molar-refractivity contribution in [1.29, 1.82) is 0 Å². The van der Waals surface area contributed by atoms with E-state index in [4.69, 9.17) is 18.9 Å². The number of hydrogen-bond donors (Lipinski definition) is 2. The van der Waals surface area contributed by atoms with Crippen LogP contribution < -0.4 is 0 Å². The summed E-state index contributed by atoms with van der Waals surface area (Å²) in [7, 11) is 3.06. The molecule has 2 N–H and O–H groups in total. The summed E-state index contributed by atoms with van der Waals surface area (Å²) in [4.78, 5) is 0. The van der Waals surface area contributed by atoms with Gasteiger partial charge in [0, 0.05) is 20.6 Å². The Kier molecular flexibility index (Phi) is 8.16. The molecule has 6 heteroatoms. The Hall–Kier alpha value is -0.240. The number of aliphatic hydroxyl groups is 2. The number of hydrogen-bond acceptors (Lipinski definition) is 6. The Morgan fingerprint density at radius 2 is 1.65 bits per heavy atom. The van der Waals surface area contributed by atoms with Gasteiger partial charge in [0.2, 0.25) is 0 Å². The summed E-state index contributed by atoms with van der Waals surface area (Å²) < 4.78 is 21.5. The lowest BCUT2D eigenvalue weighted by Gasteiger charge is -2.36. The van der Waals surface area contributed by atoms with Crippen molar-refractivity contribution < 1.29 is 29.2 Å². The highest BCUT2D eigenvalue weighted by Crippen LogP contribution is 2.25. The zero-order valence-electron chi connectivity index (χ0n) is 13.7. The minimum absolute atomic E-state index is 0.216. The molecule has 122 valence electrons. The molecule has 4 atom stereocenters. The summed E-state index contributed by atoms with van der Waals surface area (Å²) >= 11 is 0. The minimum atomic E-state index is -1.41. The molecule has 20 heavy (non-hydrogen) atoms. The maximum absolute atomic E-state index is 10.3. The molecule has 0 aliphatic carbocycles. The Bertz CT molecular complexity index is 264. The van der Waals surface area contributed by atoms with E-state index in [1.807, 2.05) is 6.92 Å². The van der Waals surface area contributed by atoms with E-state index in [9.17, 15) is 10.2 Å². The van der Waals surface area contributed by atoms with Gasteiger partial charge in [0.1, 0.15) is 0 Å². The van der Waals surface area contributed by atoms with Gasteiger partial charge in [-0.25, -0.2) is 0 Å². The van der Waals surface area contributed by atoms with Crippen LogP contribution in [0, 0.1) is 0 Å². The summed E-state index contributed by atoms with van der Waals surface area (Å²) in [5.41, 5.74) is 0. The van der Waals surface area contributed by atoms with Gasteiger partial charge in [0.15, 0.2) is 11.6 Å². The fraction of sp³-hybridized carbons (Fsp3) is 1.00. The van der Waals surface area contributed by atoms with Gasteiger partial charge in [-0.3, -0.25) is 0 Å². The molecule has 0 radical (unpaired) electrons. The molecular weight excluding hydrogens is 264 g/mol. The first-order chi connectivity index (χ1) is 9.03. The topological polar surface area (TPSA) is 77.4 Å². The molecule has 6 nitrogen and oxygen atoms in total. The SMILES string of the molecule is COC(CC(C)(O)OC(C)(C)OC)C(C)OCC(C)O. The number of ether oxygens (including phenoxy) is 4. The van der Waals surface area contributed by atoms with Crippen LogP contribution in [0.15, 0.2) is 0 Å². The molecule has 0 rings (SSSR count). The summed E-state index contributed by atoms with van der Waals surface area (Å²) in [6.45, 7) is 8.69. The molecule has 0 amide bonds. The van der Waals surface area contributed by atoms with E-state index < -0.39 is 17.7 Å². The summed E-state index contributed by atoms with van der Waals surface area (Å²) in [6, 6.07) is 0. The lowest BCUT2D eigenvalue weighted by atomic mass is 10.1. The van der Waals surface area contributed by atoms with E-state index >= 15 is 0 Å². The molecule has 0 heterocycles. The molecule has 0 aromatic carbocycles. The normalized spacial score (nSPS) is 20.2. The van der Waals surface area contributed by atoms with Crippen LogP contribution >= 0.6 is 0 Å². The van der Waals surface area contributed by atoms with E-state index in [-0.39, 0.29) is 25.2 Å². The van der Waals surface area contributed by atoms with E-state index in [0.29, 0.717) is 0 Å². The van der Waals surface area contributed by atoms with E-state index in [1.54, 1.807) is 34.8 Å². The molecule has 0 saturated carbocycles. The van der Waals surface area contributed by atoms with Gasteiger partial charge in [-0.2, -0.15) is 0 Å². The molecular formula is C14H30O6. The Balaban J connectivity index is 4.52. The Morgan fingerprint density at radius 1 is 1.10 bits per heavy atom. The van der Waals surface area contributed by atoms with Crippen LogP contribution in [0.3, 0.4) is 0 Å². The van der Waals surface area contributed by atoms with E-state index in [1.165, 1.54) is 7.11 Å². The van der Waals surface area contributed by atoms with Gasteiger partial charge in [-0.05, 0) is 34.6 Å². The second kappa shape index (κ2) is 8.26. The van der Waals surface area contributed by atoms with E-state index in [2.05, 4.69) is 0 Å². The fourth-order valence-electron chi connectivity index (χ4n) is 1.83. The van der Waals surface area contributed by atoms with Crippen molar-refractivity contribution >= 4 is 0 Å². The molecule has 0 aromatic heterocycles. The van der Waals surface area contributed by atoms with Gasteiger partial charge >= 0.3 is 0 Å². The minimum Gasteiger partial charge on any atom is -0.391 e. The van der Waals surface area contributed by atoms with Crippen molar-refractivity contribution in [2.24, 2.45) is 0 Å². The van der Waals surface area contributed by atoms with Crippen LogP contribution in [0.1, 0.15) is 41.0 Å². The average Bonchev–Trinajstić information content (AvgIpc) is 2.31. The van der Waals surface area contributed by atoms with Crippen molar-refractivity contribution in [3.63, 3.8) is 0 Å². The van der Waals surface area contributed by atoms with E-state index in [0.717, 1.165) is 0 Å². The first-order valence-corrected chi connectivity index (χ1v) is 6.83. The summed E-state index contributed by atoms with van der Waals surface area (Å²) in [5, 5.41) is 19.5. The van der Waals surface area contributed by atoms with Crippen molar-refractivity contribution in [2.45, 2.75) is 70.9 Å². The predicted octanol–water partition coefficient (Wildman–Crippen LogP) is 1.28. The van der Waals surface area contributed by atoms with Crippen LogP contribution in [-0.2, 0) is 18.9 Å². The molecule has 4 unspecified atom stereocenters. The number of methoxy groups -OCH3 is 2. The van der Waals surface area contributed by atoms with Crippen LogP contribution in [0.2, 0.25) is 0 Å². The maximum Gasteiger partial charge on any atom is 0.168 e.